The van der Waals surface area contributed by atoms with Gasteiger partial charge in [-0.25, -0.2) is 4.39 Å². The van der Waals surface area contributed by atoms with Crippen LogP contribution in [0.4, 0.5) is 23.2 Å². The van der Waals surface area contributed by atoms with Crippen LogP contribution in [0.2, 0.25) is 0 Å². The van der Waals surface area contributed by atoms with Crippen molar-refractivity contribution in [3.8, 4) is 11.4 Å². The first-order valence-electron chi connectivity index (χ1n) is 8.38. The number of halogens is 4. The quantitative estimate of drug-likeness (QED) is 0.621. The molecular formula is C19H13F4N3O2. The van der Waals surface area contributed by atoms with Crippen molar-refractivity contribution >= 4 is 11.6 Å². The third-order valence-corrected chi connectivity index (χ3v) is 4.48. The Hall–Kier alpha value is -3.23. The lowest BCUT2D eigenvalue weighted by Gasteiger charge is -2.15. The monoisotopic (exact) mass is 391 g/mol. The van der Waals surface area contributed by atoms with Crippen molar-refractivity contribution in [1.29, 1.82) is 0 Å². The summed E-state index contributed by atoms with van der Waals surface area (Å²) >= 11 is 0. The van der Waals surface area contributed by atoms with Crippen molar-refractivity contribution in [1.82, 2.24) is 10.1 Å². The second-order valence-corrected chi connectivity index (χ2v) is 6.42. The first-order chi connectivity index (χ1) is 13.3. The van der Waals surface area contributed by atoms with Gasteiger partial charge in [-0.15, -0.1) is 0 Å². The fourth-order valence-electron chi connectivity index (χ4n) is 3.12. The highest BCUT2D eigenvalue weighted by molar-refractivity contribution is 5.96. The molecular weight excluding hydrogens is 378 g/mol. The predicted molar refractivity (Wildman–Crippen MR) is 90.8 cm³/mol. The van der Waals surface area contributed by atoms with Gasteiger partial charge in [0.15, 0.2) is 0 Å². The van der Waals surface area contributed by atoms with Crippen LogP contribution in [0.5, 0.6) is 0 Å². The summed E-state index contributed by atoms with van der Waals surface area (Å²) in [6, 6.07) is 10.3. The maximum atomic E-state index is 13.4. The molecule has 1 aliphatic heterocycles. The van der Waals surface area contributed by atoms with E-state index < -0.39 is 23.5 Å². The molecule has 0 saturated carbocycles. The smallest absolute Gasteiger partial charge is 0.339 e. The van der Waals surface area contributed by atoms with E-state index in [0.717, 1.165) is 12.1 Å². The van der Waals surface area contributed by atoms with E-state index in [1.165, 1.54) is 35.2 Å². The zero-order valence-corrected chi connectivity index (χ0v) is 14.3. The van der Waals surface area contributed by atoms with Crippen LogP contribution >= 0.6 is 0 Å². The largest absolute Gasteiger partial charge is 0.416 e. The van der Waals surface area contributed by atoms with E-state index >= 15 is 0 Å². The Morgan fingerprint density at radius 1 is 1.11 bits per heavy atom. The van der Waals surface area contributed by atoms with Gasteiger partial charge >= 0.3 is 6.18 Å². The van der Waals surface area contributed by atoms with E-state index in [9.17, 15) is 22.4 Å². The van der Waals surface area contributed by atoms with Crippen LogP contribution in [-0.4, -0.2) is 22.6 Å². The van der Waals surface area contributed by atoms with Crippen molar-refractivity contribution in [2.24, 2.45) is 0 Å². The van der Waals surface area contributed by atoms with Gasteiger partial charge in [0.25, 0.3) is 0 Å². The van der Waals surface area contributed by atoms with Crippen molar-refractivity contribution in [2.75, 3.05) is 11.4 Å². The van der Waals surface area contributed by atoms with Crippen molar-refractivity contribution < 1.29 is 26.9 Å². The molecule has 2 heterocycles. The molecule has 1 saturated heterocycles. The molecule has 144 valence electrons. The fraction of sp³-hybridized carbons (Fsp3) is 0.211. The van der Waals surface area contributed by atoms with Crippen LogP contribution in [-0.2, 0) is 11.0 Å². The average molecular weight is 391 g/mol. The minimum atomic E-state index is -4.48. The molecule has 3 aromatic rings. The zero-order valence-electron chi connectivity index (χ0n) is 14.3. The summed E-state index contributed by atoms with van der Waals surface area (Å²) < 4.78 is 57.2. The molecule has 0 N–H and O–H groups in total. The van der Waals surface area contributed by atoms with E-state index in [4.69, 9.17) is 4.52 Å². The van der Waals surface area contributed by atoms with Gasteiger partial charge in [-0.05, 0) is 30.3 Å². The molecule has 5 nitrogen and oxygen atoms in total. The van der Waals surface area contributed by atoms with Crippen LogP contribution in [0.1, 0.15) is 23.8 Å². The highest BCUT2D eigenvalue weighted by atomic mass is 19.4. The Morgan fingerprint density at radius 2 is 1.89 bits per heavy atom. The number of hydrogen-bond donors (Lipinski definition) is 0. The molecule has 1 aromatic heterocycles. The van der Waals surface area contributed by atoms with Crippen molar-refractivity contribution in [3.05, 3.63) is 65.8 Å². The molecule has 1 atom stereocenters. The van der Waals surface area contributed by atoms with E-state index in [1.807, 2.05) is 0 Å². The molecule has 28 heavy (non-hydrogen) atoms. The third kappa shape index (κ3) is 3.47. The van der Waals surface area contributed by atoms with Crippen LogP contribution in [0.3, 0.4) is 0 Å². The summed E-state index contributed by atoms with van der Waals surface area (Å²) in [6.45, 7) is 0.215. The highest BCUT2D eigenvalue weighted by Crippen LogP contribution is 2.34. The first-order valence-corrected chi connectivity index (χ1v) is 8.38. The maximum absolute atomic E-state index is 13.4. The van der Waals surface area contributed by atoms with Gasteiger partial charge in [-0.1, -0.05) is 23.4 Å². The number of carbonyl (C=O) groups is 1. The molecule has 1 unspecified atom stereocenters. The topological polar surface area (TPSA) is 59.2 Å². The molecule has 0 bridgehead atoms. The number of amides is 1. The number of hydrogen-bond acceptors (Lipinski definition) is 4. The number of benzene rings is 2. The SMILES string of the molecule is O=C1CC(c2nc(-c3cccc(C(F)(F)F)c3)no2)CN1c1cccc(F)c1. The summed E-state index contributed by atoms with van der Waals surface area (Å²) in [5.74, 6) is -0.951. The minimum absolute atomic E-state index is 0.0118. The summed E-state index contributed by atoms with van der Waals surface area (Å²) in [6.07, 6.45) is -4.40. The Morgan fingerprint density at radius 3 is 2.64 bits per heavy atom. The third-order valence-electron chi connectivity index (χ3n) is 4.48. The minimum Gasteiger partial charge on any atom is -0.339 e. The van der Waals surface area contributed by atoms with Crippen molar-refractivity contribution in [2.45, 2.75) is 18.5 Å². The van der Waals surface area contributed by atoms with Gasteiger partial charge in [0.1, 0.15) is 5.82 Å². The molecule has 0 aliphatic carbocycles. The van der Waals surface area contributed by atoms with Crippen LogP contribution < -0.4 is 4.90 Å². The Labute approximate surface area is 156 Å². The van der Waals surface area contributed by atoms with Gasteiger partial charge in [-0.3, -0.25) is 4.79 Å². The van der Waals surface area contributed by atoms with Gasteiger partial charge in [-0.2, -0.15) is 18.2 Å². The average Bonchev–Trinajstić information content (AvgIpc) is 3.28. The summed E-state index contributed by atoms with van der Waals surface area (Å²) in [7, 11) is 0. The highest BCUT2D eigenvalue weighted by Gasteiger charge is 2.35. The van der Waals surface area contributed by atoms with E-state index in [1.54, 1.807) is 6.07 Å². The molecule has 2 aromatic carbocycles. The van der Waals surface area contributed by atoms with Gasteiger partial charge in [0.05, 0.1) is 11.5 Å². The van der Waals surface area contributed by atoms with Crippen LogP contribution in [0.15, 0.2) is 53.1 Å². The molecule has 1 aliphatic rings. The van der Waals surface area contributed by atoms with E-state index in [-0.39, 0.29) is 36.2 Å². The lowest BCUT2D eigenvalue weighted by Crippen LogP contribution is -2.24. The summed E-state index contributed by atoms with van der Waals surface area (Å²) in [4.78, 5) is 17.9. The van der Waals surface area contributed by atoms with Crippen molar-refractivity contribution in [3.63, 3.8) is 0 Å². The number of nitrogens with zero attached hydrogens (tertiary/aromatic N) is 3. The second kappa shape index (κ2) is 6.74. The normalized spacial score (nSPS) is 17.4. The number of carbonyl (C=O) groups excluding carboxylic acids is 1. The Balaban J connectivity index is 1.56. The molecule has 1 amide bonds. The van der Waals surface area contributed by atoms with Gasteiger partial charge < -0.3 is 9.42 Å². The Kier molecular flexibility index (Phi) is 4.37. The molecule has 0 spiro atoms. The second-order valence-electron chi connectivity index (χ2n) is 6.42. The number of rotatable bonds is 3. The van der Waals surface area contributed by atoms with Crippen LogP contribution in [0.25, 0.3) is 11.4 Å². The predicted octanol–water partition coefficient (Wildman–Crippen LogP) is 4.42. The Bertz CT molecular complexity index is 1030. The molecule has 0 radical (unpaired) electrons. The maximum Gasteiger partial charge on any atom is 0.416 e. The first kappa shape index (κ1) is 18.1. The van der Waals surface area contributed by atoms with Gasteiger partial charge in [0.2, 0.25) is 17.6 Å². The van der Waals surface area contributed by atoms with Gasteiger partial charge in [0, 0.05) is 24.2 Å². The van der Waals surface area contributed by atoms with E-state index in [0.29, 0.717) is 5.69 Å². The number of alkyl halides is 3. The summed E-state index contributed by atoms with van der Waals surface area (Å²) in [5, 5.41) is 3.75. The lowest BCUT2D eigenvalue weighted by molar-refractivity contribution is -0.137. The summed E-state index contributed by atoms with van der Waals surface area (Å²) in [5.41, 5.74) is -0.231. The fourth-order valence-corrected chi connectivity index (χ4v) is 3.12. The van der Waals surface area contributed by atoms with E-state index in [2.05, 4.69) is 10.1 Å². The standard InChI is InChI=1S/C19H13F4N3O2/c20-14-5-2-6-15(9-14)26-10-12(8-16(26)27)18-24-17(25-28-18)11-3-1-4-13(7-11)19(21,22)23/h1-7,9,12H,8,10H2. The molecule has 1 fully saturated rings. The number of aromatic nitrogens is 2. The molecule has 4 rings (SSSR count). The lowest BCUT2D eigenvalue weighted by atomic mass is 10.1. The van der Waals surface area contributed by atoms with Crippen LogP contribution in [0, 0.1) is 5.82 Å². The zero-order chi connectivity index (χ0) is 19.9. The molecule has 9 heteroatoms. The number of anilines is 1.